The molecule has 1 N–H and O–H groups in total. The standard InChI is InChI=1S/C19H17ClFNO5S3/c1-27-17-9-8-15(11-16(17)21)30(25,26)22-12-19(18-3-2-10-28-18)29(23,24)14-6-4-13(20)5-7-14/h2-11,19,22H,12H2,1H3/t19-/m0/s1. The fourth-order valence-corrected chi connectivity index (χ4v) is 6.78. The van der Waals surface area contributed by atoms with Crippen LogP contribution in [0.4, 0.5) is 4.39 Å². The molecule has 1 aromatic heterocycles. The van der Waals surface area contributed by atoms with Gasteiger partial charge in [-0.05, 0) is 53.9 Å². The van der Waals surface area contributed by atoms with Crippen molar-refractivity contribution in [3.8, 4) is 5.75 Å². The third kappa shape index (κ3) is 4.84. The zero-order valence-electron chi connectivity index (χ0n) is 15.6. The normalized spacial score (nSPS) is 13.2. The van der Waals surface area contributed by atoms with Crippen LogP contribution in [0, 0.1) is 5.82 Å². The molecule has 0 aliphatic heterocycles. The first kappa shape index (κ1) is 22.7. The van der Waals surface area contributed by atoms with E-state index in [-0.39, 0.29) is 15.5 Å². The Morgan fingerprint density at radius 1 is 1.07 bits per heavy atom. The Morgan fingerprint density at radius 3 is 2.30 bits per heavy atom. The van der Waals surface area contributed by atoms with E-state index in [1.54, 1.807) is 17.5 Å². The van der Waals surface area contributed by atoms with Crippen LogP contribution in [-0.4, -0.2) is 30.5 Å². The lowest BCUT2D eigenvalue weighted by Gasteiger charge is -2.18. The number of nitrogens with one attached hydrogen (secondary N) is 1. The van der Waals surface area contributed by atoms with Crippen molar-refractivity contribution in [3.63, 3.8) is 0 Å². The number of benzene rings is 2. The second kappa shape index (κ2) is 9.03. The molecule has 11 heteroatoms. The Hall–Kier alpha value is -1.98. The van der Waals surface area contributed by atoms with Crippen LogP contribution in [0.3, 0.4) is 0 Å². The van der Waals surface area contributed by atoms with Crippen LogP contribution in [0.2, 0.25) is 5.02 Å². The summed E-state index contributed by atoms with van der Waals surface area (Å²) in [5.41, 5.74) is 0. The molecule has 0 unspecified atom stereocenters. The smallest absolute Gasteiger partial charge is 0.240 e. The number of hydrogen-bond donors (Lipinski definition) is 1. The topological polar surface area (TPSA) is 89.5 Å². The average Bonchev–Trinajstić information content (AvgIpc) is 3.22. The maximum Gasteiger partial charge on any atom is 0.240 e. The van der Waals surface area contributed by atoms with Crippen LogP contribution in [0.15, 0.2) is 69.8 Å². The highest BCUT2D eigenvalue weighted by Gasteiger charge is 2.31. The lowest BCUT2D eigenvalue weighted by atomic mass is 10.3. The fourth-order valence-electron chi connectivity index (χ4n) is 2.71. The van der Waals surface area contributed by atoms with Gasteiger partial charge in [-0.3, -0.25) is 0 Å². The average molecular weight is 490 g/mol. The number of halogens is 2. The van der Waals surface area contributed by atoms with Crippen molar-refractivity contribution in [3.05, 3.63) is 75.7 Å². The Balaban J connectivity index is 1.91. The number of sulfone groups is 1. The summed E-state index contributed by atoms with van der Waals surface area (Å²) >= 11 is 7.03. The third-order valence-corrected chi connectivity index (χ3v) is 9.18. The number of thiophene rings is 1. The fraction of sp³-hybridized carbons (Fsp3) is 0.158. The van der Waals surface area contributed by atoms with Gasteiger partial charge in [-0.1, -0.05) is 17.7 Å². The van der Waals surface area contributed by atoms with Gasteiger partial charge in [0.1, 0.15) is 5.25 Å². The number of sulfonamides is 1. The summed E-state index contributed by atoms with van der Waals surface area (Å²) in [6, 6.07) is 12.1. The molecular formula is C19H17ClFNO5S3. The molecular weight excluding hydrogens is 473 g/mol. The van der Waals surface area contributed by atoms with E-state index in [4.69, 9.17) is 16.3 Å². The molecule has 2 aromatic carbocycles. The van der Waals surface area contributed by atoms with Gasteiger partial charge in [-0.2, -0.15) is 0 Å². The Morgan fingerprint density at radius 2 is 1.73 bits per heavy atom. The Bertz CT molecular complexity index is 1230. The van der Waals surface area contributed by atoms with E-state index in [1.165, 1.54) is 54.8 Å². The highest BCUT2D eigenvalue weighted by molar-refractivity contribution is 7.92. The minimum atomic E-state index is -4.17. The molecule has 0 bridgehead atoms. The Labute approximate surface area is 183 Å². The van der Waals surface area contributed by atoms with Gasteiger partial charge in [0.25, 0.3) is 0 Å². The molecule has 0 aliphatic rings. The van der Waals surface area contributed by atoms with Crippen LogP contribution in [0.25, 0.3) is 0 Å². The SMILES string of the molecule is COc1ccc(S(=O)(=O)NC[C@@H](c2cccs2)S(=O)(=O)c2ccc(Cl)cc2)cc1F. The lowest BCUT2D eigenvalue weighted by Crippen LogP contribution is -2.31. The maximum atomic E-state index is 13.9. The molecule has 1 heterocycles. The van der Waals surface area contributed by atoms with Gasteiger partial charge in [0.15, 0.2) is 21.4 Å². The quantitative estimate of drug-likeness (QED) is 0.515. The summed E-state index contributed by atoms with van der Waals surface area (Å²) in [7, 11) is -6.84. The van der Waals surface area contributed by atoms with Crippen molar-refractivity contribution < 1.29 is 26.0 Å². The first-order valence-corrected chi connectivity index (χ1v) is 12.8. The van der Waals surface area contributed by atoms with Crippen molar-refractivity contribution in [2.75, 3.05) is 13.7 Å². The van der Waals surface area contributed by atoms with Gasteiger partial charge in [0.05, 0.1) is 16.9 Å². The van der Waals surface area contributed by atoms with Crippen LogP contribution in [0.1, 0.15) is 10.1 Å². The van der Waals surface area contributed by atoms with Crippen LogP contribution in [-0.2, 0) is 19.9 Å². The highest BCUT2D eigenvalue weighted by Crippen LogP contribution is 2.32. The molecule has 3 aromatic rings. The van der Waals surface area contributed by atoms with Crippen LogP contribution in [0.5, 0.6) is 5.75 Å². The predicted molar refractivity (Wildman–Crippen MR) is 114 cm³/mol. The first-order chi connectivity index (χ1) is 14.1. The van der Waals surface area contributed by atoms with Gasteiger partial charge in [-0.25, -0.2) is 25.9 Å². The first-order valence-electron chi connectivity index (χ1n) is 8.51. The van der Waals surface area contributed by atoms with Crippen molar-refractivity contribution >= 4 is 42.8 Å². The minimum Gasteiger partial charge on any atom is -0.494 e. The van der Waals surface area contributed by atoms with E-state index in [0.29, 0.717) is 9.90 Å². The number of rotatable bonds is 8. The second-order valence-electron chi connectivity index (χ2n) is 6.15. The second-order valence-corrected chi connectivity index (χ2v) is 11.5. The van der Waals surface area contributed by atoms with E-state index >= 15 is 0 Å². The van der Waals surface area contributed by atoms with E-state index in [9.17, 15) is 21.2 Å². The zero-order valence-corrected chi connectivity index (χ0v) is 18.8. The Kier molecular flexibility index (Phi) is 6.83. The van der Waals surface area contributed by atoms with Gasteiger partial charge in [-0.15, -0.1) is 11.3 Å². The van der Waals surface area contributed by atoms with E-state index in [2.05, 4.69) is 4.72 Å². The molecule has 1 atom stereocenters. The third-order valence-electron chi connectivity index (χ3n) is 4.27. The number of methoxy groups -OCH3 is 1. The largest absolute Gasteiger partial charge is 0.494 e. The molecule has 0 fully saturated rings. The molecule has 160 valence electrons. The van der Waals surface area contributed by atoms with Gasteiger partial charge in [0, 0.05) is 16.4 Å². The molecule has 0 saturated heterocycles. The lowest BCUT2D eigenvalue weighted by molar-refractivity contribution is 0.385. The molecule has 0 radical (unpaired) electrons. The predicted octanol–water partition coefficient (Wildman–Crippen LogP) is 4.04. The van der Waals surface area contributed by atoms with Gasteiger partial charge >= 0.3 is 0 Å². The molecule has 0 aliphatic carbocycles. The van der Waals surface area contributed by atoms with Crippen LogP contribution < -0.4 is 9.46 Å². The number of ether oxygens (including phenoxy) is 1. The summed E-state index contributed by atoms with van der Waals surface area (Å²) in [5.74, 6) is -0.945. The van der Waals surface area contributed by atoms with Crippen molar-refractivity contribution in [1.82, 2.24) is 4.72 Å². The summed E-state index contributed by atoms with van der Waals surface area (Å²) in [6.45, 7) is -0.429. The van der Waals surface area contributed by atoms with Crippen LogP contribution >= 0.6 is 22.9 Å². The van der Waals surface area contributed by atoms with Crippen molar-refractivity contribution in [2.24, 2.45) is 0 Å². The highest BCUT2D eigenvalue weighted by atomic mass is 35.5. The molecule has 3 rings (SSSR count). The summed E-state index contributed by atoms with van der Waals surface area (Å²) in [5, 5.41) is 0.910. The van der Waals surface area contributed by atoms with E-state index in [1.807, 2.05) is 0 Å². The summed E-state index contributed by atoms with van der Waals surface area (Å²) in [4.78, 5) is 0.142. The maximum absolute atomic E-state index is 13.9. The molecule has 0 saturated carbocycles. The van der Waals surface area contributed by atoms with Gasteiger partial charge < -0.3 is 4.74 Å². The van der Waals surface area contributed by atoms with Crippen molar-refractivity contribution in [1.29, 1.82) is 0 Å². The molecule has 30 heavy (non-hydrogen) atoms. The number of hydrogen-bond acceptors (Lipinski definition) is 6. The van der Waals surface area contributed by atoms with Gasteiger partial charge in [0.2, 0.25) is 10.0 Å². The molecule has 0 amide bonds. The monoisotopic (exact) mass is 489 g/mol. The molecule has 0 spiro atoms. The zero-order chi connectivity index (χ0) is 21.9. The van der Waals surface area contributed by atoms with E-state index < -0.39 is 37.5 Å². The van der Waals surface area contributed by atoms with E-state index in [0.717, 1.165) is 6.07 Å². The summed E-state index contributed by atoms with van der Waals surface area (Å²) in [6.07, 6.45) is 0. The summed E-state index contributed by atoms with van der Waals surface area (Å²) < 4.78 is 72.6. The molecule has 6 nitrogen and oxygen atoms in total. The van der Waals surface area contributed by atoms with Crippen molar-refractivity contribution in [2.45, 2.75) is 15.0 Å². The minimum absolute atomic E-state index is 0.0139.